The molecule has 0 saturated heterocycles. The van der Waals surface area contributed by atoms with Crippen LogP contribution in [0.15, 0.2) is 12.5 Å². The quantitative estimate of drug-likeness (QED) is 0.114. The van der Waals surface area contributed by atoms with Gasteiger partial charge < -0.3 is 43.2 Å². The van der Waals surface area contributed by atoms with Gasteiger partial charge in [0, 0.05) is 24.7 Å². The molecule has 184 valence electrons. The van der Waals surface area contributed by atoms with Gasteiger partial charge in [-0.2, -0.15) is 0 Å². The lowest BCUT2D eigenvalue weighted by Crippen LogP contribution is -2.56. The van der Waals surface area contributed by atoms with E-state index in [1.165, 1.54) is 12.5 Å². The fourth-order valence-electron chi connectivity index (χ4n) is 2.93. The molecule has 0 fully saturated rings. The number of aromatic nitrogens is 2. The predicted octanol–water partition coefficient (Wildman–Crippen LogP) is -3.16. The van der Waals surface area contributed by atoms with E-state index in [0.717, 1.165) is 0 Å². The van der Waals surface area contributed by atoms with E-state index in [0.29, 0.717) is 25.1 Å². The molecule has 0 saturated carbocycles. The molecule has 0 aliphatic rings. The maximum atomic E-state index is 12.9. The molecule has 33 heavy (non-hydrogen) atoms. The van der Waals surface area contributed by atoms with Gasteiger partial charge >= 0.3 is 5.97 Å². The number of nitrogens with zero attached hydrogens (tertiary/aromatic N) is 1. The Kier molecular flexibility index (Phi) is 12.1. The van der Waals surface area contributed by atoms with Crippen LogP contribution in [0.5, 0.6) is 0 Å². The van der Waals surface area contributed by atoms with E-state index in [9.17, 15) is 29.1 Å². The predicted molar refractivity (Wildman–Crippen MR) is 116 cm³/mol. The number of hydrogen-bond acceptors (Lipinski definition) is 8. The lowest BCUT2D eigenvalue weighted by Gasteiger charge is -2.24. The van der Waals surface area contributed by atoms with Crippen molar-refractivity contribution in [1.29, 1.82) is 0 Å². The molecule has 0 aliphatic carbocycles. The van der Waals surface area contributed by atoms with Crippen molar-refractivity contribution in [2.45, 2.75) is 56.7 Å². The standard InChI is InChI=1S/C19H32N8O6/c20-6-2-1-3-13(19(32)33)27-17(30)12(4-5-15(22)28)26-18(31)14(25-16(29)8-21)7-11-9-23-10-24-11/h9-10,12-14H,1-8,20-21H2,(H2,22,28)(H,23,24)(H,25,29)(H,26,31)(H,27,30)(H,32,33). The number of unbranched alkanes of at least 4 members (excludes halogenated alkanes) is 1. The first-order valence-electron chi connectivity index (χ1n) is 10.5. The molecule has 14 heteroatoms. The monoisotopic (exact) mass is 468 g/mol. The lowest BCUT2D eigenvalue weighted by atomic mass is 10.1. The van der Waals surface area contributed by atoms with Crippen LogP contribution in [0.25, 0.3) is 0 Å². The van der Waals surface area contributed by atoms with Crippen LogP contribution >= 0.6 is 0 Å². The number of amides is 4. The van der Waals surface area contributed by atoms with E-state index >= 15 is 0 Å². The largest absolute Gasteiger partial charge is 0.480 e. The molecular formula is C19H32N8O6. The van der Waals surface area contributed by atoms with Gasteiger partial charge in [-0.25, -0.2) is 9.78 Å². The molecule has 0 aliphatic heterocycles. The molecule has 1 aromatic heterocycles. The number of H-pyrrole nitrogens is 1. The van der Waals surface area contributed by atoms with Crippen molar-refractivity contribution in [2.75, 3.05) is 13.1 Å². The number of rotatable bonds is 16. The van der Waals surface area contributed by atoms with Crippen molar-refractivity contribution >= 4 is 29.6 Å². The Labute approximate surface area is 190 Å². The minimum Gasteiger partial charge on any atom is -0.480 e. The van der Waals surface area contributed by atoms with Crippen LogP contribution in [0.4, 0.5) is 0 Å². The summed E-state index contributed by atoms with van der Waals surface area (Å²) in [6, 6.07) is -3.57. The number of carbonyl (C=O) groups excluding carboxylic acids is 4. The fourth-order valence-corrected chi connectivity index (χ4v) is 2.93. The van der Waals surface area contributed by atoms with Gasteiger partial charge in [0.1, 0.15) is 18.1 Å². The molecule has 11 N–H and O–H groups in total. The minimum atomic E-state index is -1.26. The molecule has 14 nitrogen and oxygen atoms in total. The summed E-state index contributed by atoms with van der Waals surface area (Å²) in [6.45, 7) is 0.0191. The number of aliphatic carboxylic acids is 1. The van der Waals surface area contributed by atoms with Crippen LogP contribution in [0.2, 0.25) is 0 Å². The number of carboxylic acids is 1. The summed E-state index contributed by atoms with van der Waals surface area (Å²) in [7, 11) is 0. The highest BCUT2D eigenvalue weighted by Gasteiger charge is 2.29. The smallest absolute Gasteiger partial charge is 0.326 e. The van der Waals surface area contributed by atoms with Crippen molar-refractivity contribution in [3.8, 4) is 0 Å². The number of carbonyl (C=O) groups is 5. The summed E-state index contributed by atoms with van der Waals surface area (Å²) in [5.74, 6) is -4.07. The number of primary amides is 1. The van der Waals surface area contributed by atoms with E-state index in [1.807, 2.05) is 0 Å². The van der Waals surface area contributed by atoms with Gasteiger partial charge in [0.2, 0.25) is 23.6 Å². The lowest BCUT2D eigenvalue weighted by molar-refractivity contribution is -0.142. The van der Waals surface area contributed by atoms with Gasteiger partial charge in [0.05, 0.1) is 12.9 Å². The average Bonchev–Trinajstić information content (AvgIpc) is 3.28. The topological polar surface area (TPSA) is 248 Å². The van der Waals surface area contributed by atoms with Gasteiger partial charge in [0.25, 0.3) is 0 Å². The third-order valence-electron chi connectivity index (χ3n) is 4.69. The third kappa shape index (κ3) is 10.6. The van der Waals surface area contributed by atoms with Gasteiger partial charge in [-0.05, 0) is 32.2 Å². The Hall–Kier alpha value is -3.52. The van der Waals surface area contributed by atoms with E-state index in [-0.39, 0.29) is 32.2 Å². The average molecular weight is 469 g/mol. The summed E-state index contributed by atoms with van der Waals surface area (Å²) in [5, 5.41) is 16.7. The highest BCUT2D eigenvalue weighted by molar-refractivity contribution is 5.94. The maximum absolute atomic E-state index is 12.9. The number of nitrogens with one attached hydrogen (secondary N) is 4. The summed E-state index contributed by atoms with van der Waals surface area (Å²) in [6.07, 6.45) is 3.69. The first kappa shape index (κ1) is 27.5. The van der Waals surface area contributed by atoms with Gasteiger partial charge in [-0.1, -0.05) is 0 Å². The molecule has 1 rings (SSSR count). The zero-order chi connectivity index (χ0) is 24.8. The van der Waals surface area contributed by atoms with Crippen LogP contribution in [0.1, 0.15) is 37.8 Å². The summed E-state index contributed by atoms with van der Waals surface area (Å²) >= 11 is 0. The molecule has 0 radical (unpaired) electrons. The van der Waals surface area contributed by atoms with Gasteiger partial charge in [-0.3, -0.25) is 19.2 Å². The SMILES string of the molecule is NCCCCC(NC(=O)C(CCC(N)=O)NC(=O)C(Cc1cnc[nH]1)NC(=O)CN)C(=O)O. The van der Waals surface area contributed by atoms with Crippen LogP contribution in [0.3, 0.4) is 0 Å². The Morgan fingerprint density at radius 1 is 0.970 bits per heavy atom. The van der Waals surface area contributed by atoms with Crippen LogP contribution < -0.4 is 33.2 Å². The van der Waals surface area contributed by atoms with Crippen molar-refractivity contribution in [1.82, 2.24) is 25.9 Å². The van der Waals surface area contributed by atoms with Crippen molar-refractivity contribution in [3.05, 3.63) is 18.2 Å². The second-order valence-electron chi connectivity index (χ2n) is 7.36. The molecule has 4 amide bonds. The Bertz CT molecular complexity index is 800. The first-order valence-corrected chi connectivity index (χ1v) is 10.5. The van der Waals surface area contributed by atoms with Crippen LogP contribution in [0, 0.1) is 0 Å². The number of aromatic amines is 1. The van der Waals surface area contributed by atoms with Gasteiger partial charge in [0.15, 0.2) is 0 Å². The fraction of sp³-hybridized carbons (Fsp3) is 0.579. The molecule has 0 bridgehead atoms. The summed E-state index contributed by atoms with van der Waals surface area (Å²) < 4.78 is 0. The molecular weight excluding hydrogens is 436 g/mol. The van der Waals surface area contributed by atoms with E-state index in [2.05, 4.69) is 25.9 Å². The third-order valence-corrected chi connectivity index (χ3v) is 4.69. The Morgan fingerprint density at radius 3 is 2.18 bits per heavy atom. The molecule has 1 heterocycles. The maximum Gasteiger partial charge on any atom is 0.326 e. The van der Waals surface area contributed by atoms with Crippen LogP contribution in [-0.2, 0) is 30.4 Å². The molecule has 3 atom stereocenters. The zero-order valence-corrected chi connectivity index (χ0v) is 18.2. The summed E-state index contributed by atoms with van der Waals surface area (Å²) in [4.78, 5) is 66.8. The second kappa shape index (κ2) is 14.5. The highest BCUT2D eigenvalue weighted by Crippen LogP contribution is 2.06. The van der Waals surface area contributed by atoms with E-state index < -0.39 is 47.7 Å². The number of imidazole rings is 1. The van der Waals surface area contributed by atoms with Crippen molar-refractivity contribution < 1.29 is 29.1 Å². The van der Waals surface area contributed by atoms with Crippen LogP contribution in [-0.4, -0.2) is 75.9 Å². The van der Waals surface area contributed by atoms with Gasteiger partial charge in [-0.15, -0.1) is 0 Å². The summed E-state index contributed by atoms with van der Waals surface area (Å²) in [5.41, 5.74) is 16.4. The number of hydrogen-bond donors (Lipinski definition) is 8. The zero-order valence-electron chi connectivity index (χ0n) is 18.2. The Balaban J connectivity index is 2.96. The highest BCUT2D eigenvalue weighted by atomic mass is 16.4. The minimum absolute atomic E-state index is 0.0264. The molecule has 0 spiro atoms. The van der Waals surface area contributed by atoms with Crippen molar-refractivity contribution in [2.24, 2.45) is 17.2 Å². The normalized spacial score (nSPS) is 13.4. The Morgan fingerprint density at radius 2 is 1.64 bits per heavy atom. The molecule has 0 aromatic carbocycles. The van der Waals surface area contributed by atoms with E-state index in [4.69, 9.17) is 17.2 Å². The van der Waals surface area contributed by atoms with E-state index in [1.54, 1.807) is 0 Å². The number of nitrogens with two attached hydrogens (primary N) is 3. The second-order valence-corrected chi connectivity index (χ2v) is 7.36. The number of carboxylic acid groups (broad SMARTS) is 1. The molecule has 1 aromatic rings. The molecule has 3 unspecified atom stereocenters. The van der Waals surface area contributed by atoms with Crippen molar-refractivity contribution in [3.63, 3.8) is 0 Å². The first-order chi connectivity index (χ1) is 15.7.